The second-order valence-corrected chi connectivity index (χ2v) is 6.04. The van der Waals surface area contributed by atoms with Gasteiger partial charge >= 0.3 is 0 Å². The Labute approximate surface area is 121 Å². The number of hydrogen-bond acceptors (Lipinski definition) is 4. The fraction of sp³-hybridized carbons (Fsp3) is 0.200. The Morgan fingerprint density at radius 1 is 1.30 bits per heavy atom. The molecule has 20 heavy (non-hydrogen) atoms. The van der Waals surface area contributed by atoms with E-state index in [0.717, 1.165) is 21.1 Å². The molecule has 0 saturated carbocycles. The van der Waals surface area contributed by atoms with Gasteiger partial charge in [-0.25, -0.2) is 0 Å². The molecule has 1 N–H and O–H groups in total. The third-order valence-electron chi connectivity index (χ3n) is 3.20. The van der Waals surface area contributed by atoms with Crippen LogP contribution in [0.25, 0.3) is 0 Å². The molecular formula is C15H14N2O2S. The maximum Gasteiger partial charge on any atom is 0.243 e. The molecule has 0 bridgehead atoms. The van der Waals surface area contributed by atoms with E-state index < -0.39 is 0 Å². The summed E-state index contributed by atoms with van der Waals surface area (Å²) >= 11 is 1.49. The van der Waals surface area contributed by atoms with Gasteiger partial charge in [-0.2, -0.15) is 0 Å². The molecule has 2 aromatic rings. The second kappa shape index (κ2) is 5.09. The van der Waals surface area contributed by atoms with E-state index in [-0.39, 0.29) is 24.8 Å². The number of carbonyl (C=O) groups excluding carboxylic acids is 2. The Morgan fingerprint density at radius 3 is 2.85 bits per heavy atom. The number of nitrogens with one attached hydrogen (secondary N) is 1. The van der Waals surface area contributed by atoms with Gasteiger partial charge < -0.3 is 10.2 Å². The molecular weight excluding hydrogens is 272 g/mol. The number of anilines is 2. The number of carbonyl (C=O) groups is 2. The predicted octanol–water partition coefficient (Wildman–Crippen LogP) is 2.70. The summed E-state index contributed by atoms with van der Waals surface area (Å²) in [5, 5.41) is 2.82. The maximum atomic E-state index is 12.3. The van der Waals surface area contributed by atoms with E-state index in [1.54, 1.807) is 0 Å². The molecule has 5 heteroatoms. The average molecular weight is 286 g/mol. The Balaban J connectivity index is 1.84. The van der Waals surface area contributed by atoms with Crippen molar-refractivity contribution < 1.29 is 9.59 Å². The fourth-order valence-corrected chi connectivity index (χ4v) is 3.08. The zero-order valence-corrected chi connectivity index (χ0v) is 11.9. The Bertz CT molecular complexity index is 678. The van der Waals surface area contributed by atoms with Gasteiger partial charge in [0.2, 0.25) is 5.91 Å². The number of Topliss-reactive ketones (excluding diaryl/α,β-unsaturated/α-hetero) is 1. The summed E-state index contributed by atoms with van der Waals surface area (Å²) in [6, 6.07) is 11.3. The highest BCUT2D eigenvalue weighted by atomic mass is 32.1. The highest BCUT2D eigenvalue weighted by Crippen LogP contribution is 2.29. The monoisotopic (exact) mass is 286 g/mol. The number of thiophene rings is 1. The van der Waals surface area contributed by atoms with Crippen LogP contribution in [0.3, 0.4) is 0 Å². The highest BCUT2D eigenvalue weighted by molar-refractivity contribution is 7.14. The summed E-state index contributed by atoms with van der Waals surface area (Å²) in [4.78, 5) is 27.7. The van der Waals surface area contributed by atoms with E-state index in [4.69, 9.17) is 0 Å². The first-order chi connectivity index (χ1) is 9.63. The lowest BCUT2D eigenvalue weighted by Crippen LogP contribution is -2.40. The van der Waals surface area contributed by atoms with E-state index in [1.807, 2.05) is 48.2 Å². The van der Waals surface area contributed by atoms with Gasteiger partial charge in [-0.3, -0.25) is 9.59 Å². The number of aryl methyl sites for hydroxylation is 1. The molecule has 0 atom stereocenters. The molecule has 0 unspecified atom stereocenters. The lowest BCUT2D eigenvalue weighted by Gasteiger charge is -2.30. The van der Waals surface area contributed by atoms with Gasteiger partial charge in [-0.05, 0) is 31.2 Å². The van der Waals surface area contributed by atoms with Gasteiger partial charge in [-0.1, -0.05) is 12.1 Å². The zero-order chi connectivity index (χ0) is 14.1. The number of amides is 1. The molecule has 0 fully saturated rings. The minimum absolute atomic E-state index is 0.0487. The van der Waals surface area contributed by atoms with Crippen molar-refractivity contribution in [1.29, 1.82) is 0 Å². The standard InChI is InChI=1S/C15H14N2O2S/c1-10-6-7-14(20-10)13(18)8-17-9-15(19)16-11-4-2-3-5-12(11)17/h2-7H,8-9H2,1H3,(H,16,19). The first-order valence-electron chi connectivity index (χ1n) is 6.37. The van der Waals surface area contributed by atoms with Crippen LogP contribution in [0.2, 0.25) is 0 Å². The van der Waals surface area contributed by atoms with Gasteiger partial charge in [0.05, 0.1) is 29.3 Å². The predicted molar refractivity (Wildman–Crippen MR) is 80.7 cm³/mol. The summed E-state index contributed by atoms with van der Waals surface area (Å²) in [5.74, 6) is -0.0357. The molecule has 0 saturated heterocycles. The van der Waals surface area contributed by atoms with Crippen LogP contribution < -0.4 is 10.2 Å². The highest BCUT2D eigenvalue weighted by Gasteiger charge is 2.23. The molecule has 1 aromatic carbocycles. The summed E-state index contributed by atoms with van der Waals surface area (Å²) in [5.41, 5.74) is 1.66. The van der Waals surface area contributed by atoms with E-state index in [1.165, 1.54) is 11.3 Å². The molecule has 0 spiro atoms. The first-order valence-corrected chi connectivity index (χ1v) is 7.18. The van der Waals surface area contributed by atoms with Crippen molar-refractivity contribution in [3.05, 3.63) is 46.2 Å². The molecule has 3 rings (SSSR count). The molecule has 2 heterocycles. The smallest absolute Gasteiger partial charge is 0.243 e. The molecule has 0 aliphatic carbocycles. The van der Waals surface area contributed by atoms with Crippen LogP contribution in [-0.2, 0) is 4.79 Å². The van der Waals surface area contributed by atoms with Crippen LogP contribution in [0, 0.1) is 6.92 Å². The molecule has 1 aliphatic heterocycles. The Kier molecular flexibility index (Phi) is 3.28. The van der Waals surface area contributed by atoms with Gasteiger partial charge in [0, 0.05) is 4.88 Å². The Hall–Kier alpha value is -2.14. The van der Waals surface area contributed by atoms with E-state index >= 15 is 0 Å². The van der Waals surface area contributed by atoms with Crippen molar-refractivity contribution in [2.24, 2.45) is 0 Å². The number of fused-ring (bicyclic) bond motifs is 1. The molecule has 4 nitrogen and oxygen atoms in total. The van der Waals surface area contributed by atoms with Crippen LogP contribution in [0.15, 0.2) is 36.4 Å². The van der Waals surface area contributed by atoms with Gasteiger partial charge in [-0.15, -0.1) is 11.3 Å². The summed E-state index contributed by atoms with van der Waals surface area (Å²) in [6.45, 7) is 2.42. The van der Waals surface area contributed by atoms with E-state index in [0.29, 0.717) is 0 Å². The Morgan fingerprint density at radius 2 is 2.10 bits per heavy atom. The van der Waals surface area contributed by atoms with Crippen LogP contribution in [0.4, 0.5) is 11.4 Å². The summed E-state index contributed by atoms with van der Waals surface area (Å²) in [6.07, 6.45) is 0. The topological polar surface area (TPSA) is 49.4 Å². The molecule has 0 radical (unpaired) electrons. The molecule has 1 aliphatic rings. The number of nitrogens with zero attached hydrogens (tertiary/aromatic N) is 1. The van der Waals surface area contributed by atoms with Crippen LogP contribution >= 0.6 is 11.3 Å². The van der Waals surface area contributed by atoms with E-state index in [2.05, 4.69) is 5.32 Å². The molecule has 102 valence electrons. The van der Waals surface area contributed by atoms with Crippen molar-refractivity contribution in [2.75, 3.05) is 23.3 Å². The lowest BCUT2D eigenvalue weighted by molar-refractivity contribution is -0.115. The number of benzene rings is 1. The zero-order valence-electron chi connectivity index (χ0n) is 11.1. The number of hydrogen-bond donors (Lipinski definition) is 1. The van der Waals surface area contributed by atoms with E-state index in [9.17, 15) is 9.59 Å². The van der Waals surface area contributed by atoms with Crippen LogP contribution in [0.1, 0.15) is 14.5 Å². The molecule has 1 amide bonds. The number of rotatable bonds is 3. The van der Waals surface area contributed by atoms with Gasteiger partial charge in [0.15, 0.2) is 5.78 Å². The minimum Gasteiger partial charge on any atom is -0.353 e. The maximum absolute atomic E-state index is 12.3. The largest absolute Gasteiger partial charge is 0.353 e. The number of para-hydroxylation sites is 2. The normalized spacial score (nSPS) is 13.8. The van der Waals surface area contributed by atoms with Crippen molar-refractivity contribution >= 4 is 34.4 Å². The van der Waals surface area contributed by atoms with Gasteiger partial charge in [0.1, 0.15) is 0 Å². The average Bonchev–Trinajstić information content (AvgIpc) is 2.85. The third kappa shape index (κ3) is 2.44. The van der Waals surface area contributed by atoms with Gasteiger partial charge in [0.25, 0.3) is 0 Å². The van der Waals surface area contributed by atoms with Crippen molar-refractivity contribution in [1.82, 2.24) is 0 Å². The van der Waals surface area contributed by atoms with Crippen molar-refractivity contribution in [3.63, 3.8) is 0 Å². The minimum atomic E-state index is -0.0844. The van der Waals surface area contributed by atoms with Crippen molar-refractivity contribution in [2.45, 2.75) is 6.92 Å². The third-order valence-corrected chi connectivity index (χ3v) is 4.24. The number of ketones is 1. The second-order valence-electron chi connectivity index (χ2n) is 4.75. The SMILES string of the molecule is Cc1ccc(C(=O)CN2CC(=O)Nc3ccccc32)s1. The van der Waals surface area contributed by atoms with Crippen LogP contribution in [0.5, 0.6) is 0 Å². The van der Waals surface area contributed by atoms with Crippen LogP contribution in [-0.4, -0.2) is 24.8 Å². The summed E-state index contributed by atoms with van der Waals surface area (Å²) in [7, 11) is 0. The lowest BCUT2D eigenvalue weighted by atomic mass is 10.1. The fourth-order valence-electron chi connectivity index (χ4n) is 2.28. The van der Waals surface area contributed by atoms with Crippen molar-refractivity contribution in [3.8, 4) is 0 Å². The quantitative estimate of drug-likeness (QED) is 0.883. The molecule has 1 aromatic heterocycles. The first kappa shape index (κ1) is 12.9. The summed E-state index contributed by atoms with van der Waals surface area (Å²) < 4.78 is 0.